The number of carbonyl (C=O) groups is 2. The van der Waals surface area contributed by atoms with E-state index in [9.17, 15) is 9.59 Å². The van der Waals surface area contributed by atoms with Crippen molar-refractivity contribution in [2.24, 2.45) is 0 Å². The van der Waals surface area contributed by atoms with Crippen molar-refractivity contribution in [1.29, 1.82) is 0 Å². The molecule has 0 saturated carbocycles. The number of pyridine rings is 1. The van der Waals surface area contributed by atoms with Gasteiger partial charge in [-0.2, -0.15) is 4.98 Å². The van der Waals surface area contributed by atoms with Gasteiger partial charge in [0.1, 0.15) is 10.7 Å². The maximum Gasteiger partial charge on any atom is 0.319 e. The van der Waals surface area contributed by atoms with Gasteiger partial charge in [0.05, 0.1) is 6.20 Å². The Morgan fingerprint density at radius 1 is 0.975 bits per heavy atom. The van der Waals surface area contributed by atoms with Crippen LogP contribution < -0.4 is 21.3 Å². The van der Waals surface area contributed by atoms with E-state index in [-0.39, 0.29) is 18.0 Å². The number of anilines is 5. The van der Waals surface area contributed by atoms with Gasteiger partial charge < -0.3 is 26.2 Å². The van der Waals surface area contributed by atoms with E-state index >= 15 is 0 Å². The van der Waals surface area contributed by atoms with Crippen LogP contribution in [0.1, 0.15) is 28.0 Å². The third-order valence-corrected chi connectivity index (χ3v) is 7.20. The molecule has 3 amide bonds. The maximum absolute atomic E-state index is 13.0. The molecule has 4 aromatic rings. The zero-order chi connectivity index (χ0) is 27.5. The van der Waals surface area contributed by atoms with Crippen molar-refractivity contribution in [3.8, 4) is 0 Å². The van der Waals surface area contributed by atoms with Crippen molar-refractivity contribution in [2.45, 2.75) is 25.3 Å². The Balaban J connectivity index is 1.18. The van der Waals surface area contributed by atoms with Crippen LogP contribution in [0.2, 0.25) is 5.02 Å². The molecule has 0 radical (unpaired) electrons. The first kappa shape index (κ1) is 25.6. The van der Waals surface area contributed by atoms with E-state index in [4.69, 9.17) is 11.6 Å². The van der Waals surface area contributed by atoms with Gasteiger partial charge in [-0.1, -0.05) is 29.8 Å². The van der Waals surface area contributed by atoms with E-state index in [1.54, 1.807) is 35.5 Å². The number of rotatable bonds is 3. The molecule has 11 heteroatoms. The third-order valence-electron chi connectivity index (χ3n) is 6.92. The standard InChI is InChI=1S/C29H27ClN8O2/c30-23-16-32-28-34-20-5-3-4-18(14-20)7-8-19-15-21(33-26(23)37-28)9-10-24(19)36-29(40)35-22-11-13-38(17-22)27(39)25-6-1-2-12-31-25/h1-6,9-10,12,14-16,22H,7-8,11,13,17H2,(H2,35,36,40)(H2,32,33,34,37)/t22-/m0/s1. The van der Waals surface area contributed by atoms with E-state index in [1.807, 2.05) is 30.3 Å². The fraction of sp³-hybridized carbons (Fsp3) is 0.207. The molecule has 40 heavy (non-hydrogen) atoms. The molecule has 2 aliphatic heterocycles. The summed E-state index contributed by atoms with van der Waals surface area (Å²) in [4.78, 5) is 40.4. The molecule has 4 N–H and O–H groups in total. The molecule has 4 heterocycles. The molecular weight excluding hydrogens is 528 g/mol. The number of hydrogen-bond donors (Lipinski definition) is 4. The average molecular weight is 555 g/mol. The van der Waals surface area contributed by atoms with Gasteiger partial charge in [-0.3, -0.25) is 9.78 Å². The number of urea groups is 1. The Hall–Kier alpha value is -4.70. The molecule has 1 saturated heterocycles. The molecule has 6 bridgehead atoms. The molecule has 2 aliphatic rings. The maximum atomic E-state index is 13.0. The third kappa shape index (κ3) is 5.81. The molecular formula is C29H27ClN8O2. The smallest absolute Gasteiger partial charge is 0.319 e. The van der Waals surface area contributed by atoms with Gasteiger partial charge in [-0.05, 0) is 72.9 Å². The second kappa shape index (κ2) is 11.2. The van der Waals surface area contributed by atoms with E-state index < -0.39 is 0 Å². The van der Waals surface area contributed by atoms with Crippen molar-refractivity contribution < 1.29 is 9.59 Å². The van der Waals surface area contributed by atoms with Crippen LogP contribution in [0.25, 0.3) is 0 Å². The Kier molecular flexibility index (Phi) is 7.15. The Labute approximate surface area is 236 Å². The lowest BCUT2D eigenvalue weighted by molar-refractivity contribution is 0.0783. The Bertz CT molecular complexity index is 1570. The number of nitrogens with zero attached hydrogens (tertiary/aromatic N) is 4. The van der Waals surface area contributed by atoms with Crippen molar-refractivity contribution in [1.82, 2.24) is 25.2 Å². The first-order chi connectivity index (χ1) is 19.5. The molecule has 1 fully saturated rings. The lowest BCUT2D eigenvalue weighted by atomic mass is 10.0. The molecule has 0 aliphatic carbocycles. The molecule has 10 nitrogen and oxygen atoms in total. The van der Waals surface area contributed by atoms with E-state index in [0.717, 1.165) is 28.9 Å². The summed E-state index contributed by atoms with van der Waals surface area (Å²) in [5, 5.41) is 12.9. The average Bonchev–Trinajstić information content (AvgIpc) is 3.43. The lowest BCUT2D eigenvalue weighted by Gasteiger charge is -2.18. The summed E-state index contributed by atoms with van der Waals surface area (Å²) in [6, 6.07) is 18.6. The monoisotopic (exact) mass is 554 g/mol. The Morgan fingerprint density at radius 2 is 1.88 bits per heavy atom. The summed E-state index contributed by atoms with van der Waals surface area (Å²) in [5.74, 6) is 0.783. The summed E-state index contributed by atoms with van der Waals surface area (Å²) < 4.78 is 0. The summed E-state index contributed by atoms with van der Waals surface area (Å²) in [6.45, 7) is 0.998. The fourth-order valence-electron chi connectivity index (χ4n) is 4.92. The van der Waals surface area contributed by atoms with Gasteiger partial charge in [-0.15, -0.1) is 0 Å². The largest absolute Gasteiger partial charge is 0.339 e. The number of nitrogens with one attached hydrogen (secondary N) is 4. The summed E-state index contributed by atoms with van der Waals surface area (Å²) >= 11 is 6.37. The first-order valence-corrected chi connectivity index (χ1v) is 13.4. The van der Waals surface area contributed by atoms with E-state index in [2.05, 4.69) is 48.4 Å². The number of aromatic nitrogens is 3. The molecule has 6 rings (SSSR count). The molecule has 1 atom stereocenters. The normalized spacial score (nSPS) is 15.9. The number of likely N-dealkylation sites (tertiary alicyclic amines) is 1. The van der Waals surface area contributed by atoms with Crippen LogP contribution in [0.3, 0.4) is 0 Å². The number of hydrogen-bond acceptors (Lipinski definition) is 7. The predicted octanol–water partition coefficient (Wildman–Crippen LogP) is 5.15. The highest BCUT2D eigenvalue weighted by Gasteiger charge is 2.28. The lowest BCUT2D eigenvalue weighted by Crippen LogP contribution is -2.40. The Morgan fingerprint density at radius 3 is 2.75 bits per heavy atom. The highest BCUT2D eigenvalue weighted by Crippen LogP contribution is 2.29. The summed E-state index contributed by atoms with van der Waals surface area (Å²) in [6.07, 6.45) is 5.29. The van der Waals surface area contributed by atoms with Crippen LogP contribution >= 0.6 is 11.6 Å². The number of benzene rings is 2. The van der Waals surface area contributed by atoms with Crippen LogP contribution in [0.4, 0.5) is 33.6 Å². The summed E-state index contributed by atoms with van der Waals surface area (Å²) in [7, 11) is 0. The molecule has 202 valence electrons. The number of amides is 3. The van der Waals surface area contributed by atoms with Gasteiger partial charge >= 0.3 is 6.03 Å². The highest BCUT2D eigenvalue weighted by molar-refractivity contribution is 6.32. The number of halogens is 1. The highest BCUT2D eigenvalue weighted by atomic mass is 35.5. The number of aryl methyl sites for hydroxylation is 2. The summed E-state index contributed by atoms with van der Waals surface area (Å²) in [5.41, 5.74) is 4.88. The van der Waals surface area contributed by atoms with Gasteiger partial charge in [0.2, 0.25) is 5.95 Å². The van der Waals surface area contributed by atoms with Crippen LogP contribution in [0.15, 0.2) is 73.1 Å². The zero-order valence-corrected chi connectivity index (χ0v) is 22.3. The predicted molar refractivity (Wildman–Crippen MR) is 155 cm³/mol. The quantitative estimate of drug-likeness (QED) is 0.276. The zero-order valence-electron chi connectivity index (χ0n) is 21.5. The molecule has 0 unspecified atom stereocenters. The van der Waals surface area contributed by atoms with Gasteiger partial charge in [-0.25, -0.2) is 9.78 Å². The van der Waals surface area contributed by atoms with Gasteiger partial charge in [0, 0.05) is 42.4 Å². The topological polar surface area (TPSA) is 124 Å². The van der Waals surface area contributed by atoms with Gasteiger partial charge in [0.15, 0.2) is 5.82 Å². The molecule has 2 aromatic heterocycles. The van der Waals surface area contributed by atoms with Crippen LogP contribution in [0, 0.1) is 0 Å². The van der Waals surface area contributed by atoms with E-state index in [1.165, 1.54) is 0 Å². The van der Waals surface area contributed by atoms with Crippen LogP contribution in [-0.2, 0) is 12.8 Å². The molecule has 2 aromatic carbocycles. The minimum Gasteiger partial charge on any atom is -0.339 e. The minimum absolute atomic E-state index is 0.130. The fourth-order valence-corrected chi connectivity index (χ4v) is 5.06. The second-order valence-electron chi connectivity index (χ2n) is 9.76. The van der Waals surface area contributed by atoms with Crippen molar-refractivity contribution in [3.63, 3.8) is 0 Å². The van der Waals surface area contributed by atoms with Crippen LogP contribution in [0.5, 0.6) is 0 Å². The minimum atomic E-state index is -0.313. The molecule has 0 spiro atoms. The van der Waals surface area contributed by atoms with Crippen molar-refractivity contribution in [2.75, 3.05) is 29.0 Å². The first-order valence-electron chi connectivity index (χ1n) is 13.1. The van der Waals surface area contributed by atoms with Crippen molar-refractivity contribution in [3.05, 3.63) is 94.9 Å². The van der Waals surface area contributed by atoms with Crippen molar-refractivity contribution >= 4 is 52.4 Å². The second-order valence-corrected chi connectivity index (χ2v) is 10.2. The van der Waals surface area contributed by atoms with Gasteiger partial charge in [0.25, 0.3) is 5.91 Å². The van der Waals surface area contributed by atoms with Crippen LogP contribution in [-0.4, -0.2) is 50.9 Å². The number of fused-ring (bicyclic) bond motifs is 6. The van der Waals surface area contributed by atoms with E-state index in [0.29, 0.717) is 54.1 Å². The SMILES string of the molecule is O=C(Nc1ccc2cc1CCc1cccc(c1)Nc1ncc(Cl)c(n1)N2)N[C@H]1CCN(C(=O)c2ccccn2)C1. The number of carbonyl (C=O) groups excluding carboxylic acids is 2.